The molecule has 4 heteroatoms. The standard InChI is InChI=1S/C12H20O3S/c1-4-15-11(13)12(2,3)16-8-6-10-5-7-14-9-10/h9H,4-8H2,1-3H3. The van der Waals surface area contributed by atoms with Crippen molar-refractivity contribution in [1.82, 2.24) is 0 Å². The van der Waals surface area contributed by atoms with Gasteiger partial charge in [-0.25, -0.2) is 0 Å². The van der Waals surface area contributed by atoms with Crippen molar-refractivity contribution >= 4 is 17.7 Å². The van der Waals surface area contributed by atoms with Gasteiger partial charge in [0, 0.05) is 6.42 Å². The molecule has 0 aromatic rings. The molecule has 1 aliphatic rings. The number of thioether (sulfide) groups is 1. The van der Waals surface area contributed by atoms with Crippen LogP contribution in [0, 0.1) is 0 Å². The Bertz CT molecular complexity index is 271. The van der Waals surface area contributed by atoms with Gasteiger partial charge in [-0.15, -0.1) is 11.8 Å². The normalized spacial score (nSPS) is 15.6. The lowest BCUT2D eigenvalue weighted by Gasteiger charge is -2.21. The highest BCUT2D eigenvalue weighted by molar-refractivity contribution is 8.01. The van der Waals surface area contributed by atoms with E-state index in [1.54, 1.807) is 11.8 Å². The first kappa shape index (κ1) is 13.4. The van der Waals surface area contributed by atoms with Gasteiger partial charge >= 0.3 is 5.97 Å². The molecule has 0 bridgehead atoms. The smallest absolute Gasteiger partial charge is 0.321 e. The van der Waals surface area contributed by atoms with E-state index < -0.39 is 4.75 Å². The van der Waals surface area contributed by atoms with Crippen LogP contribution in [0.1, 0.15) is 33.6 Å². The summed E-state index contributed by atoms with van der Waals surface area (Å²) >= 11 is 1.64. The third-order valence-electron chi connectivity index (χ3n) is 2.44. The van der Waals surface area contributed by atoms with Crippen LogP contribution in [-0.4, -0.2) is 29.7 Å². The maximum atomic E-state index is 11.6. The van der Waals surface area contributed by atoms with Crippen LogP contribution in [0.2, 0.25) is 0 Å². The summed E-state index contributed by atoms with van der Waals surface area (Å²) in [4.78, 5) is 11.6. The monoisotopic (exact) mass is 244 g/mol. The fourth-order valence-electron chi connectivity index (χ4n) is 1.41. The molecule has 1 aliphatic heterocycles. The van der Waals surface area contributed by atoms with Crippen LogP contribution in [0.3, 0.4) is 0 Å². The van der Waals surface area contributed by atoms with Gasteiger partial charge in [-0.1, -0.05) is 0 Å². The molecule has 0 fully saturated rings. The highest BCUT2D eigenvalue weighted by Gasteiger charge is 2.29. The van der Waals surface area contributed by atoms with Gasteiger partial charge in [0.2, 0.25) is 0 Å². The van der Waals surface area contributed by atoms with Gasteiger partial charge in [0.25, 0.3) is 0 Å². The first-order chi connectivity index (χ1) is 7.56. The Morgan fingerprint density at radius 1 is 1.62 bits per heavy atom. The zero-order valence-electron chi connectivity index (χ0n) is 10.2. The van der Waals surface area contributed by atoms with Crippen LogP contribution in [-0.2, 0) is 14.3 Å². The van der Waals surface area contributed by atoms with Gasteiger partial charge < -0.3 is 9.47 Å². The number of rotatable bonds is 6. The van der Waals surface area contributed by atoms with E-state index in [9.17, 15) is 4.79 Å². The van der Waals surface area contributed by atoms with Crippen molar-refractivity contribution in [3.05, 3.63) is 11.8 Å². The molecule has 0 radical (unpaired) electrons. The molecule has 0 amide bonds. The molecule has 3 nitrogen and oxygen atoms in total. The zero-order chi connectivity index (χ0) is 12.0. The minimum absolute atomic E-state index is 0.128. The minimum Gasteiger partial charge on any atom is -0.501 e. The lowest BCUT2D eigenvalue weighted by molar-refractivity contribution is -0.145. The third kappa shape index (κ3) is 4.08. The lowest BCUT2D eigenvalue weighted by Crippen LogP contribution is -2.30. The maximum absolute atomic E-state index is 11.6. The summed E-state index contributed by atoms with van der Waals surface area (Å²) in [5.41, 5.74) is 1.34. The second kappa shape index (κ2) is 6.18. The number of carbonyl (C=O) groups is 1. The molecule has 92 valence electrons. The summed E-state index contributed by atoms with van der Waals surface area (Å²) in [6.07, 6.45) is 3.87. The molecule has 0 aromatic carbocycles. The van der Waals surface area contributed by atoms with Crippen molar-refractivity contribution in [2.75, 3.05) is 19.0 Å². The molecule has 1 rings (SSSR count). The van der Waals surface area contributed by atoms with Gasteiger partial charge in [0.1, 0.15) is 4.75 Å². The summed E-state index contributed by atoms with van der Waals surface area (Å²) in [7, 11) is 0. The molecule has 0 atom stereocenters. The number of carbonyl (C=O) groups excluding carboxylic acids is 1. The van der Waals surface area contributed by atoms with Crippen LogP contribution in [0.5, 0.6) is 0 Å². The third-order valence-corrected chi connectivity index (χ3v) is 3.74. The summed E-state index contributed by atoms with van der Waals surface area (Å²) in [6, 6.07) is 0. The number of ether oxygens (including phenoxy) is 2. The highest BCUT2D eigenvalue weighted by Crippen LogP contribution is 2.28. The number of hydrogen-bond acceptors (Lipinski definition) is 4. The molecule has 0 N–H and O–H groups in total. The quantitative estimate of drug-likeness (QED) is 0.673. The van der Waals surface area contributed by atoms with Crippen LogP contribution in [0.4, 0.5) is 0 Å². The molecule has 16 heavy (non-hydrogen) atoms. The van der Waals surface area contributed by atoms with Crippen molar-refractivity contribution in [3.63, 3.8) is 0 Å². The Hall–Kier alpha value is -0.640. The molecule has 0 spiro atoms. The predicted octanol–water partition coefficient (Wildman–Crippen LogP) is 2.76. The van der Waals surface area contributed by atoms with Crippen LogP contribution >= 0.6 is 11.8 Å². The first-order valence-corrected chi connectivity index (χ1v) is 6.65. The highest BCUT2D eigenvalue weighted by atomic mass is 32.2. The van der Waals surface area contributed by atoms with E-state index in [1.165, 1.54) is 5.57 Å². The lowest BCUT2D eigenvalue weighted by atomic mass is 10.2. The molecule has 0 aliphatic carbocycles. The Balaban J connectivity index is 2.26. The second-order valence-electron chi connectivity index (χ2n) is 4.23. The van der Waals surface area contributed by atoms with Crippen molar-refractivity contribution in [2.45, 2.75) is 38.4 Å². The van der Waals surface area contributed by atoms with Crippen molar-refractivity contribution in [1.29, 1.82) is 0 Å². The number of esters is 1. The summed E-state index contributed by atoms with van der Waals surface area (Å²) < 4.78 is 9.74. The van der Waals surface area contributed by atoms with Crippen molar-refractivity contribution in [2.24, 2.45) is 0 Å². The fraction of sp³-hybridized carbons (Fsp3) is 0.750. The minimum atomic E-state index is -0.448. The second-order valence-corrected chi connectivity index (χ2v) is 5.94. The Morgan fingerprint density at radius 2 is 2.38 bits per heavy atom. The average Bonchev–Trinajstić information content (AvgIpc) is 2.70. The predicted molar refractivity (Wildman–Crippen MR) is 66.4 cm³/mol. The Labute approximate surface area is 102 Å². The van der Waals surface area contributed by atoms with Crippen molar-refractivity contribution in [3.8, 4) is 0 Å². The Morgan fingerprint density at radius 3 is 2.94 bits per heavy atom. The molecule has 0 saturated carbocycles. The Kier molecular flexibility index (Phi) is 5.19. The summed E-state index contributed by atoms with van der Waals surface area (Å²) in [5, 5.41) is 0. The van der Waals surface area contributed by atoms with Gasteiger partial charge in [0.05, 0.1) is 19.5 Å². The summed E-state index contributed by atoms with van der Waals surface area (Å²) in [5.74, 6) is 0.803. The number of hydrogen-bond donors (Lipinski definition) is 0. The van der Waals surface area contributed by atoms with Gasteiger partial charge in [-0.2, -0.15) is 0 Å². The molecular formula is C12H20O3S. The molecule has 1 heterocycles. The first-order valence-electron chi connectivity index (χ1n) is 5.67. The maximum Gasteiger partial charge on any atom is 0.321 e. The zero-order valence-corrected chi connectivity index (χ0v) is 11.1. The van der Waals surface area contributed by atoms with E-state index in [2.05, 4.69) is 0 Å². The van der Waals surface area contributed by atoms with E-state index in [0.717, 1.165) is 25.2 Å². The van der Waals surface area contributed by atoms with E-state index in [1.807, 2.05) is 27.0 Å². The largest absolute Gasteiger partial charge is 0.501 e. The molecular weight excluding hydrogens is 224 g/mol. The van der Waals surface area contributed by atoms with Crippen molar-refractivity contribution < 1.29 is 14.3 Å². The van der Waals surface area contributed by atoms with E-state index >= 15 is 0 Å². The van der Waals surface area contributed by atoms with Gasteiger partial charge in [-0.05, 0) is 38.5 Å². The van der Waals surface area contributed by atoms with E-state index in [0.29, 0.717) is 6.61 Å². The van der Waals surface area contributed by atoms with Crippen LogP contribution in [0.15, 0.2) is 11.8 Å². The van der Waals surface area contributed by atoms with Crippen LogP contribution < -0.4 is 0 Å². The van der Waals surface area contributed by atoms with Gasteiger partial charge in [-0.3, -0.25) is 4.79 Å². The molecule has 0 aromatic heterocycles. The topological polar surface area (TPSA) is 35.5 Å². The molecule has 0 saturated heterocycles. The average molecular weight is 244 g/mol. The van der Waals surface area contributed by atoms with E-state index in [-0.39, 0.29) is 5.97 Å². The van der Waals surface area contributed by atoms with Gasteiger partial charge in [0.15, 0.2) is 0 Å². The molecule has 0 unspecified atom stereocenters. The fourth-order valence-corrected chi connectivity index (χ4v) is 2.46. The summed E-state index contributed by atoms with van der Waals surface area (Å²) in [6.45, 7) is 6.91. The van der Waals surface area contributed by atoms with E-state index in [4.69, 9.17) is 9.47 Å². The SMILES string of the molecule is CCOC(=O)C(C)(C)SCCC1=COCC1. The van der Waals surface area contributed by atoms with Crippen LogP contribution in [0.25, 0.3) is 0 Å².